The third kappa shape index (κ3) is 2.52. The zero-order valence-electron chi connectivity index (χ0n) is 11.2. The van der Waals surface area contributed by atoms with E-state index < -0.39 is 0 Å². The van der Waals surface area contributed by atoms with Crippen LogP contribution in [0.2, 0.25) is 0 Å². The van der Waals surface area contributed by atoms with Gasteiger partial charge in [0.2, 0.25) is 0 Å². The van der Waals surface area contributed by atoms with E-state index in [-0.39, 0.29) is 6.42 Å². The summed E-state index contributed by atoms with van der Waals surface area (Å²) in [5, 5.41) is 8.69. The fraction of sp³-hybridized carbons (Fsp3) is 0.286. The smallest absolute Gasteiger partial charge is 0.161 e. The molecule has 0 unspecified atom stereocenters. The number of benzene rings is 1. The van der Waals surface area contributed by atoms with Crippen molar-refractivity contribution in [1.29, 1.82) is 5.26 Å². The average Bonchev–Trinajstić information content (AvgIpc) is 2.79. The molecule has 0 saturated heterocycles. The summed E-state index contributed by atoms with van der Waals surface area (Å²) in [6, 6.07) is 7.71. The molecule has 1 aromatic carbocycles. The van der Waals surface area contributed by atoms with E-state index in [0.29, 0.717) is 17.3 Å². The molecule has 0 aliphatic rings. The average molecular weight is 257 g/mol. The van der Waals surface area contributed by atoms with Gasteiger partial charge >= 0.3 is 0 Å². The first kappa shape index (κ1) is 13.0. The molecule has 0 atom stereocenters. The number of aromatic nitrogens is 2. The fourth-order valence-corrected chi connectivity index (χ4v) is 1.95. The number of aromatic amines is 1. The summed E-state index contributed by atoms with van der Waals surface area (Å²) in [5.41, 5.74) is 2.68. The van der Waals surface area contributed by atoms with Crippen LogP contribution in [0.3, 0.4) is 0 Å². The minimum atomic E-state index is 0.272. The number of nitriles is 1. The van der Waals surface area contributed by atoms with Crippen molar-refractivity contribution in [1.82, 2.24) is 9.97 Å². The van der Waals surface area contributed by atoms with E-state index >= 15 is 0 Å². The molecule has 1 heterocycles. The SMILES string of the molecule is COc1ccc(-c2nc(CC#N)[nH]c2C)cc1OC. The molecule has 5 heteroatoms. The lowest BCUT2D eigenvalue weighted by atomic mass is 10.1. The zero-order valence-corrected chi connectivity index (χ0v) is 11.2. The van der Waals surface area contributed by atoms with Gasteiger partial charge in [-0.1, -0.05) is 0 Å². The summed E-state index contributed by atoms with van der Waals surface area (Å²) in [7, 11) is 3.20. The number of nitrogens with one attached hydrogen (secondary N) is 1. The van der Waals surface area contributed by atoms with Crippen LogP contribution in [-0.2, 0) is 6.42 Å². The molecule has 1 N–H and O–H groups in total. The van der Waals surface area contributed by atoms with Gasteiger partial charge in [0.1, 0.15) is 5.82 Å². The highest BCUT2D eigenvalue weighted by Crippen LogP contribution is 2.32. The van der Waals surface area contributed by atoms with Crippen LogP contribution in [0.15, 0.2) is 18.2 Å². The summed E-state index contributed by atoms with van der Waals surface area (Å²) >= 11 is 0. The lowest BCUT2D eigenvalue weighted by Crippen LogP contribution is -1.91. The van der Waals surface area contributed by atoms with Crippen LogP contribution in [0.1, 0.15) is 11.5 Å². The molecule has 19 heavy (non-hydrogen) atoms. The first-order chi connectivity index (χ1) is 9.19. The summed E-state index contributed by atoms with van der Waals surface area (Å²) in [6.07, 6.45) is 0.272. The number of nitrogens with zero attached hydrogens (tertiary/aromatic N) is 2. The van der Waals surface area contributed by atoms with Crippen molar-refractivity contribution in [3.05, 3.63) is 29.7 Å². The predicted molar refractivity (Wildman–Crippen MR) is 71.2 cm³/mol. The van der Waals surface area contributed by atoms with Crippen molar-refractivity contribution < 1.29 is 9.47 Å². The second kappa shape index (κ2) is 5.44. The van der Waals surface area contributed by atoms with Gasteiger partial charge in [-0.15, -0.1) is 0 Å². The minimum Gasteiger partial charge on any atom is -0.493 e. The third-order valence-corrected chi connectivity index (χ3v) is 2.84. The van der Waals surface area contributed by atoms with Gasteiger partial charge < -0.3 is 14.5 Å². The van der Waals surface area contributed by atoms with Gasteiger partial charge in [-0.2, -0.15) is 5.26 Å². The van der Waals surface area contributed by atoms with Crippen molar-refractivity contribution in [2.24, 2.45) is 0 Å². The summed E-state index contributed by atoms with van der Waals surface area (Å²) in [4.78, 5) is 7.53. The van der Waals surface area contributed by atoms with Crippen molar-refractivity contribution in [2.45, 2.75) is 13.3 Å². The number of hydrogen-bond donors (Lipinski definition) is 1. The van der Waals surface area contributed by atoms with Gasteiger partial charge in [-0.25, -0.2) is 4.98 Å². The first-order valence-electron chi connectivity index (χ1n) is 5.84. The largest absolute Gasteiger partial charge is 0.493 e. The Morgan fingerprint density at radius 1 is 1.26 bits per heavy atom. The molecule has 1 aromatic heterocycles. The van der Waals surface area contributed by atoms with E-state index in [4.69, 9.17) is 14.7 Å². The van der Waals surface area contributed by atoms with E-state index in [1.807, 2.05) is 25.1 Å². The molecule has 0 saturated carbocycles. The Balaban J connectivity index is 2.44. The Morgan fingerprint density at radius 2 is 2.00 bits per heavy atom. The maximum absolute atomic E-state index is 8.69. The normalized spacial score (nSPS) is 10.0. The Bertz CT molecular complexity index is 626. The molecule has 0 fully saturated rings. The Labute approximate surface area is 111 Å². The van der Waals surface area contributed by atoms with Gasteiger partial charge in [-0.3, -0.25) is 0 Å². The molecule has 0 spiro atoms. The summed E-state index contributed by atoms with van der Waals surface area (Å²) < 4.78 is 10.5. The van der Waals surface area contributed by atoms with E-state index in [2.05, 4.69) is 16.0 Å². The van der Waals surface area contributed by atoms with Crippen LogP contribution in [0, 0.1) is 18.3 Å². The van der Waals surface area contributed by atoms with E-state index in [1.54, 1.807) is 14.2 Å². The number of rotatable bonds is 4. The van der Waals surface area contributed by atoms with Gasteiger partial charge in [0, 0.05) is 11.3 Å². The molecule has 0 bridgehead atoms. The molecule has 2 aromatic rings. The van der Waals surface area contributed by atoms with Crippen molar-refractivity contribution in [3.63, 3.8) is 0 Å². The second-order valence-electron chi connectivity index (χ2n) is 4.06. The van der Waals surface area contributed by atoms with Crippen molar-refractivity contribution in [3.8, 4) is 28.8 Å². The maximum atomic E-state index is 8.69. The van der Waals surface area contributed by atoms with Gasteiger partial charge in [0.25, 0.3) is 0 Å². The van der Waals surface area contributed by atoms with Crippen molar-refractivity contribution in [2.75, 3.05) is 14.2 Å². The van der Waals surface area contributed by atoms with Crippen LogP contribution in [-0.4, -0.2) is 24.2 Å². The standard InChI is InChI=1S/C14H15N3O2/c1-9-14(17-13(16-9)6-7-15)10-4-5-11(18-2)12(8-10)19-3/h4-5,8H,6H2,1-3H3,(H,16,17). The molecule has 2 rings (SSSR count). The molecule has 98 valence electrons. The number of imidazole rings is 1. The lowest BCUT2D eigenvalue weighted by molar-refractivity contribution is 0.355. The summed E-state index contributed by atoms with van der Waals surface area (Å²) in [5.74, 6) is 2.01. The Kier molecular flexibility index (Phi) is 3.71. The zero-order chi connectivity index (χ0) is 13.8. The molecular weight excluding hydrogens is 242 g/mol. The number of H-pyrrole nitrogens is 1. The first-order valence-corrected chi connectivity index (χ1v) is 5.84. The fourth-order valence-electron chi connectivity index (χ4n) is 1.95. The number of methoxy groups -OCH3 is 2. The van der Waals surface area contributed by atoms with Crippen LogP contribution >= 0.6 is 0 Å². The highest BCUT2D eigenvalue weighted by Gasteiger charge is 2.12. The van der Waals surface area contributed by atoms with Gasteiger partial charge in [0.05, 0.1) is 32.4 Å². The number of ether oxygens (including phenoxy) is 2. The van der Waals surface area contributed by atoms with E-state index in [0.717, 1.165) is 17.0 Å². The monoisotopic (exact) mass is 257 g/mol. The molecule has 0 aliphatic carbocycles. The molecule has 0 radical (unpaired) electrons. The topological polar surface area (TPSA) is 70.9 Å². The Morgan fingerprint density at radius 3 is 2.63 bits per heavy atom. The predicted octanol–water partition coefficient (Wildman–Crippen LogP) is 2.47. The molecule has 0 aliphatic heterocycles. The minimum absolute atomic E-state index is 0.272. The highest BCUT2D eigenvalue weighted by molar-refractivity contribution is 5.66. The number of hydrogen-bond acceptors (Lipinski definition) is 4. The molecular formula is C14H15N3O2. The number of aryl methyl sites for hydroxylation is 1. The Hall–Kier alpha value is -2.48. The quantitative estimate of drug-likeness (QED) is 0.913. The van der Waals surface area contributed by atoms with E-state index in [9.17, 15) is 0 Å². The third-order valence-electron chi connectivity index (χ3n) is 2.84. The van der Waals surface area contributed by atoms with Crippen LogP contribution in [0.25, 0.3) is 11.3 Å². The molecule has 5 nitrogen and oxygen atoms in total. The van der Waals surface area contributed by atoms with Gasteiger partial charge in [0.15, 0.2) is 11.5 Å². The lowest BCUT2D eigenvalue weighted by Gasteiger charge is -2.08. The van der Waals surface area contributed by atoms with E-state index in [1.165, 1.54) is 0 Å². The van der Waals surface area contributed by atoms with Crippen LogP contribution in [0.4, 0.5) is 0 Å². The molecule has 0 amide bonds. The second-order valence-corrected chi connectivity index (χ2v) is 4.06. The van der Waals surface area contributed by atoms with Crippen molar-refractivity contribution >= 4 is 0 Å². The summed E-state index contributed by atoms with van der Waals surface area (Å²) in [6.45, 7) is 1.93. The maximum Gasteiger partial charge on any atom is 0.161 e. The van der Waals surface area contributed by atoms with Crippen LogP contribution < -0.4 is 9.47 Å². The highest BCUT2D eigenvalue weighted by atomic mass is 16.5. The van der Waals surface area contributed by atoms with Crippen LogP contribution in [0.5, 0.6) is 11.5 Å². The van der Waals surface area contributed by atoms with Gasteiger partial charge in [-0.05, 0) is 25.1 Å².